The summed E-state index contributed by atoms with van der Waals surface area (Å²) in [7, 11) is -3.26. The van der Waals surface area contributed by atoms with Gasteiger partial charge in [0.15, 0.2) is 46.5 Å². The largest absolute Gasteiger partial charge is 4.00 e. The summed E-state index contributed by atoms with van der Waals surface area (Å²) >= 11 is 0. The Kier molecular flexibility index (Phi) is 11.3. The van der Waals surface area contributed by atoms with Crippen LogP contribution in [0.1, 0.15) is 11.1 Å². The van der Waals surface area contributed by atoms with Crippen LogP contribution in [0.2, 0.25) is 13.1 Å². The van der Waals surface area contributed by atoms with Gasteiger partial charge in [0.1, 0.15) is 0 Å². The molecule has 248 valence electrons. The van der Waals surface area contributed by atoms with Crippen LogP contribution < -0.4 is 35.2 Å². The molecule has 0 unspecified atom stereocenters. The molecule has 0 fully saturated rings. The average Bonchev–Trinajstić information content (AvgIpc) is 3.54. The van der Waals surface area contributed by atoms with Crippen molar-refractivity contribution in [3.05, 3.63) is 118 Å². The SMILES string of the molecule is Cc1[cH-]c2cccc(-c3c(F)c(F)c(F)c(F)c3F)c2c1[Si](C)(C)c1c(C)[cH-]c2cccc(-c3c(F)c(F)c(F)c(F)c3F)c12.[Cl-].[Cl-].[Zr+4]. The second-order valence-electron chi connectivity index (χ2n) is 11.5. The van der Waals surface area contributed by atoms with Gasteiger partial charge in [-0.25, -0.2) is 43.9 Å². The summed E-state index contributed by atoms with van der Waals surface area (Å²) in [6.07, 6.45) is 0. The molecule has 0 radical (unpaired) electrons. The quantitative estimate of drug-likeness (QED) is 0.0841. The number of benzene rings is 4. The van der Waals surface area contributed by atoms with Crippen molar-refractivity contribution in [1.82, 2.24) is 0 Å². The van der Waals surface area contributed by atoms with Crippen molar-refractivity contribution in [2.45, 2.75) is 26.9 Å². The molecule has 0 N–H and O–H groups in total. The first kappa shape index (κ1) is 39.5. The minimum atomic E-state index is -3.26. The second kappa shape index (κ2) is 13.8. The normalized spacial score (nSPS) is 11.5. The van der Waals surface area contributed by atoms with Crippen molar-refractivity contribution in [3.63, 3.8) is 0 Å². The second-order valence-corrected chi connectivity index (χ2v) is 15.7. The number of hydrogen-bond acceptors (Lipinski definition) is 0. The zero-order valence-electron chi connectivity index (χ0n) is 25.2. The van der Waals surface area contributed by atoms with Gasteiger partial charge in [-0.15, -0.1) is 69.1 Å². The standard InChI is InChI=1S/C34H20F10Si.2ClH.Zr/c1-13-11-15-7-5-9-17(21-23(35)27(39)31(43)28(40)24(21)36)19(15)33(13)45(3,4)34-14(2)12-16-8-6-10-18(20(16)34)22-25(37)29(41)32(44)30(42)26(22)38;;;/h5-12H,1-4H3;2*1H;/q-2;;;+4/p-2. The first-order valence-electron chi connectivity index (χ1n) is 13.5. The van der Waals surface area contributed by atoms with Crippen molar-refractivity contribution in [2.24, 2.45) is 0 Å². The summed E-state index contributed by atoms with van der Waals surface area (Å²) in [5, 5.41) is 2.38. The van der Waals surface area contributed by atoms with Gasteiger partial charge in [-0.3, -0.25) is 0 Å². The van der Waals surface area contributed by atoms with Crippen LogP contribution in [0.5, 0.6) is 0 Å². The fourth-order valence-corrected chi connectivity index (χ4v) is 11.0. The van der Waals surface area contributed by atoms with E-state index in [1.54, 1.807) is 38.1 Å². The minimum absolute atomic E-state index is 0. The molecule has 0 aliphatic carbocycles. The van der Waals surface area contributed by atoms with Gasteiger partial charge in [0, 0.05) is 8.07 Å². The molecule has 0 spiro atoms. The van der Waals surface area contributed by atoms with Crippen LogP contribution in [-0.2, 0) is 26.2 Å². The van der Waals surface area contributed by atoms with Crippen LogP contribution in [0.25, 0.3) is 43.8 Å². The van der Waals surface area contributed by atoms with E-state index in [2.05, 4.69) is 0 Å². The maximum absolute atomic E-state index is 15.1. The van der Waals surface area contributed by atoms with Gasteiger partial charge in [0.2, 0.25) is 11.6 Å². The van der Waals surface area contributed by atoms with Crippen LogP contribution in [0, 0.1) is 72.0 Å². The van der Waals surface area contributed by atoms with Crippen LogP contribution in [0.4, 0.5) is 43.9 Å². The molecule has 0 saturated heterocycles. The molecule has 0 atom stereocenters. The van der Waals surface area contributed by atoms with Crippen molar-refractivity contribution < 1.29 is 94.9 Å². The monoisotopic (exact) mass is 806 g/mol. The number of fused-ring (bicyclic) bond motifs is 2. The van der Waals surface area contributed by atoms with Crippen LogP contribution >= 0.6 is 0 Å². The van der Waals surface area contributed by atoms with Gasteiger partial charge in [-0.2, -0.15) is 10.4 Å². The van der Waals surface area contributed by atoms with E-state index in [9.17, 15) is 26.3 Å². The fraction of sp³-hybridized carbons (Fsp3) is 0.118. The average molecular weight is 809 g/mol. The van der Waals surface area contributed by atoms with Crippen LogP contribution in [-0.4, -0.2) is 8.07 Å². The molecule has 6 rings (SSSR count). The Balaban J connectivity index is 0.00000208. The molecule has 0 heterocycles. The zero-order chi connectivity index (χ0) is 32.9. The number of aryl methyl sites for hydroxylation is 2. The third kappa shape index (κ3) is 5.56. The number of hydrogen-bond donors (Lipinski definition) is 0. The summed E-state index contributed by atoms with van der Waals surface area (Å²) in [5.41, 5.74) is -1.50. The zero-order valence-corrected chi connectivity index (χ0v) is 30.1. The van der Waals surface area contributed by atoms with Crippen molar-refractivity contribution in [2.75, 3.05) is 0 Å². The van der Waals surface area contributed by atoms with Crippen molar-refractivity contribution in [3.8, 4) is 22.3 Å². The Labute approximate surface area is 300 Å². The summed E-state index contributed by atoms with van der Waals surface area (Å²) in [6.45, 7) is 7.05. The van der Waals surface area contributed by atoms with E-state index >= 15 is 17.6 Å². The van der Waals surface area contributed by atoms with E-state index in [1.165, 1.54) is 24.3 Å². The van der Waals surface area contributed by atoms with Crippen molar-refractivity contribution >= 4 is 40.0 Å². The van der Waals surface area contributed by atoms with Gasteiger partial charge in [0.25, 0.3) is 0 Å². The number of rotatable bonds is 4. The Bertz CT molecular complexity index is 2030. The Morgan fingerprint density at radius 1 is 0.458 bits per heavy atom. The van der Waals surface area contributed by atoms with E-state index in [1.807, 2.05) is 13.1 Å². The fourth-order valence-electron chi connectivity index (χ4n) is 6.78. The smallest absolute Gasteiger partial charge is 1.00 e. The Hall–Kier alpha value is -2.92. The van der Waals surface area contributed by atoms with E-state index in [0.29, 0.717) is 32.3 Å². The molecule has 6 aromatic rings. The van der Waals surface area contributed by atoms with E-state index in [4.69, 9.17) is 0 Å². The summed E-state index contributed by atoms with van der Waals surface area (Å²) < 4.78 is 146. The van der Waals surface area contributed by atoms with E-state index < -0.39 is 77.4 Å². The molecule has 0 nitrogen and oxygen atoms in total. The van der Waals surface area contributed by atoms with E-state index in [0.717, 1.165) is 0 Å². The Morgan fingerprint density at radius 2 is 0.729 bits per heavy atom. The summed E-state index contributed by atoms with van der Waals surface area (Å²) in [6, 6.07) is 11.9. The van der Waals surface area contributed by atoms with Gasteiger partial charge < -0.3 is 24.8 Å². The summed E-state index contributed by atoms with van der Waals surface area (Å²) in [4.78, 5) is 0. The van der Waals surface area contributed by atoms with E-state index in [-0.39, 0.29) is 72.9 Å². The minimum Gasteiger partial charge on any atom is -1.00 e. The predicted molar refractivity (Wildman–Crippen MR) is 156 cm³/mol. The van der Waals surface area contributed by atoms with Crippen LogP contribution in [0.3, 0.4) is 0 Å². The molecule has 0 saturated carbocycles. The summed E-state index contributed by atoms with van der Waals surface area (Å²) in [5.74, 6) is -21.0. The van der Waals surface area contributed by atoms with Crippen LogP contribution in [0.15, 0.2) is 48.5 Å². The predicted octanol–water partition coefficient (Wildman–Crippen LogP) is 3.60. The molecule has 0 aliphatic heterocycles. The Morgan fingerprint density at radius 3 is 1.02 bits per heavy atom. The third-order valence-corrected chi connectivity index (χ3v) is 12.2. The van der Waals surface area contributed by atoms with Gasteiger partial charge >= 0.3 is 26.2 Å². The molecule has 6 aromatic carbocycles. The first-order valence-corrected chi connectivity index (χ1v) is 16.5. The molecular weight excluding hydrogens is 789 g/mol. The van der Waals surface area contributed by atoms with Gasteiger partial charge in [0.05, 0.1) is 11.1 Å². The van der Waals surface area contributed by atoms with Crippen molar-refractivity contribution in [1.29, 1.82) is 0 Å². The maximum Gasteiger partial charge on any atom is 4.00 e. The molecule has 0 amide bonds. The molecule has 0 aromatic heterocycles. The van der Waals surface area contributed by atoms with Gasteiger partial charge in [-0.05, 0) is 0 Å². The number of halogens is 12. The molecule has 0 bridgehead atoms. The molecule has 14 heteroatoms. The van der Waals surface area contributed by atoms with Gasteiger partial charge in [-0.1, -0.05) is 50.2 Å². The molecule has 48 heavy (non-hydrogen) atoms. The molecular formula is C34H20Cl2F10SiZr. The molecule has 0 aliphatic rings. The topological polar surface area (TPSA) is 0 Å². The first-order chi connectivity index (χ1) is 21.1. The maximum atomic E-state index is 15.1. The third-order valence-electron chi connectivity index (χ3n) is 8.43.